The Labute approximate surface area is 126 Å². The predicted octanol–water partition coefficient (Wildman–Crippen LogP) is 4.35. The molecule has 98 valence electrons. The second kappa shape index (κ2) is 6.56. The minimum absolute atomic E-state index is 0.113. The molecule has 0 atom stereocenters. The summed E-state index contributed by atoms with van der Waals surface area (Å²) in [7, 11) is 0. The number of carbonyl (C=O) groups excluding carboxylic acids is 1. The van der Waals surface area contributed by atoms with E-state index in [1.54, 1.807) is 4.90 Å². The highest BCUT2D eigenvalue weighted by molar-refractivity contribution is 14.1. The molecule has 0 heterocycles. The number of hydrogen-bond donors (Lipinski definition) is 1. The summed E-state index contributed by atoms with van der Waals surface area (Å²) in [5.74, 6) is 0. The van der Waals surface area contributed by atoms with E-state index in [2.05, 4.69) is 27.9 Å². The van der Waals surface area contributed by atoms with Gasteiger partial charge in [-0.25, -0.2) is 4.79 Å². The molecule has 4 heteroatoms. The lowest BCUT2D eigenvalue weighted by molar-refractivity contribution is 0.257. The number of rotatable bonds is 3. The summed E-state index contributed by atoms with van der Waals surface area (Å²) in [4.78, 5) is 14.0. The van der Waals surface area contributed by atoms with Crippen molar-refractivity contribution in [2.24, 2.45) is 0 Å². The van der Waals surface area contributed by atoms with E-state index >= 15 is 0 Å². The third-order valence-corrected chi connectivity index (χ3v) is 3.69. The van der Waals surface area contributed by atoms with Crippen molar-refractivity contribution < 1.29 is 4.79 Å². The van der Waals surface area contributed by atoms with Crippen LogP contribution in [0.4, 0.5) is 16.2 Å². The molecule has 0 spiro atoms. The summed E-state index contributed by atoms with van der Waals surface area (Å²) >= 11 is 2.21. The minimum atomic E-state index is -0.113. The summed E-state index contributed by atoms with van der Waals surface area (Å²) in [5, 5.41) is 2.94. The van der Waals surface area contributed by atoms with Gasteiger partial charge in [0.2, 0.25) is 0 Å². The maximum atomic E-state index is 12.3. The lowest BCUT2D eigenvalue weighted by Gasteiger charge is -2.21. The van der Waals surface area contributed by atoms with Crippen LogP contribution in [0.3, 0.4) is 0 Å². The molecule has 0 unspecified atom stereocenters. The smallest absolute Gasteiger partial charge is 0.306 e. The molecule has 0 saturated carbocycles. The van der Waals surface area contributed by atoms with Gasteiger partial charge in [0, 0.05) is 15.8 Å². The number of nitrogens with zero attached hydrogens (tertiary/aromatic N) is 1. The SMILES string of the molecule is CCN(C(=O)Nc1ccccc1I)c1ccccc1. The van der Waals surface area contributed by atoms with Crippen LogP contribution < -0.4 is 10.2 Å². The Morgan fingerprint density at radius 1 is 1.11 bits per heavy atom. The monoisotopic (exact) mass is 366 g/mol. The zero-order chi connectivity index (χ0) is 13.7. The standard InChI is InChI=1S/C15H15IN2O/c1-2-18(12-8-4-3-5-9-12)15(19)17-14-11-7-6-10-13(14)16/h3-11H,2H2,1H3,(H,17,19). The number of amides is 2. The summed E-state index contributed by atoms with van der Waals surface area (Å²) in [5.41, 5.74) is 1.73. The van der Waals surface area contributed by atoms with Crippen molar-refractivity contribution in [1.82, 2.24) is 0 Å². The van der Waals surface area contributed by atoms with Crippen LogP contribution in [0.2, 0.25) is 0 Å². The largest absolute Gasteiger partial charge is 0.326 e. The maximum absolute atomic E-state index is 12.3. The molecule has 0 bridgehead atoms. The van der Waals surface area contributed by atoms with Crippen molar-refractivity contribution in [2.45, 2.75) is 6.92 Å². The van der Waals surface area contributed by atoms with Crippen LogP contribution in [-0.4, -0.2) is 12.6 Å². The average Bonchev–Trinajstić information content (AvgIpc) is 2.43. The fraction of sp³-hybridized carbons (Fsp3) is 0.133. The van der Waals surface area contributed by atoms with Gasteiger partial charge in [0.05, 0.1) is 5.69 Å². The maximum Gasteiger partial charge on any atom is 0.326 e. The van der Waals surface area contributed by atoms with E-state index in [9.17, 15) is 4.79 Å². The third kappa shape index (κ3) is 3.47. The van der Waals surface area contributed by atoms with Gasteiger partial charge in [-0.3, -0.25) is 4.90 Å². The third-order valence-electron chi connectivity index (χ3n) is 2.74. The molecule has 2 rings (SSSR count). The van der Waals surface area contributed by atoms with Gasteiger partial charge in [0.25, 0.3) is 0 Å². The van der Waals surface area contributed by atoms with Crippen LogP contribution in [0.1, 0.15) is 6.92 Å². The quantitative estimate of drug-likeness (QED) is 0.805. The van der Waals surface area contributed by atoms with Crippen LogP contribution >= 0.6 is 22.6 Å². The van der Waals surface area contributed by atoms with Crippen molar-refractivity contribution in [1.29, 1.82) is 0 Å². The zero-order valence-electron chi connectivity index (χ0n) is 10.6. The van der Waals surface area contributed by atoms with Gasteiger partial charge in [-0.2, -0.15) is 0 Å². The fourth-order valence-electron chi connectivity index (χ4n) is 1.80. The number of urea groups is 1. The molecule has 0 aliphatic heterocycles. The lowest BCUT2D eigenvalue weighted by Crippen LogP contribution is -2.34. The van der Waals surface area contributed by atoms with Gasteiger partial charge >= 0.3 is 6.03 Å². The molecule has 19 heavy (non-hydrogen) atoms. The van der Waals surface area contributed by atoms with Crippen molar-refractivity contribution in [3.63, 3.8) is 0 Å². The Balaban J connectivity index is 2.17. The van der Waals surface area contributed by atoms with Crippen LogP contribution in [-0.2, 0) is 0 Å². The molecular formula is C15H15IN2O. The molecule has 0 saturated heterocycles. The Kier molecular flexibility index (Phi) is 4.79. The van der Waals surface area contributed by atoms with Crippen LogP contribution in [0, 0.1) is 3.57 Å². The summed E-state index contributed by atoms with van der Waals surface area (Å²) in [6.45, 7) is 2.59. The number of anilines is 2. The van der Waals surface area contributed by atoms with E-state index in [0.717, 1.165) is 14.9 Å². The van der Waals surface area contributed by atoms with Crippen molar-refractivity contribution in [2.75, 3.05) is 16.8 Å². The first kappa shape index (κ1) is 13.9. The van der Waals surface area contributed by atoms with Gasteiger partial charge in [0.1, 0.15) is 0 Å². The summed E-state index contributed by atoms with van der Waals surface area (Å²) in [6, 6.07) is 17.3. The van der Waals surface area contributed by atoms with E-state index < -0.39 is 0 Å². The van der Waals surface area contributed by atoms with Crippen molar-refractivity contribution in [3.8, 4) is 0 Å². The Morgan fingerprint density at radius 3 is 2.37 bits per heavy atom. The molecule has 0 aromatic heterocycles. The molecule has 2 aromatic rings. The molecule has 0 radical (unpaired) electrons. The van der Waals surface area contributed by atoms with E-state index in [4.69, 9.17) is 0 Å². The zero-order valence-corrected chi connectivity index (χ0v) is 12.8. The Bertz CT molecular complexity index is 557. The number of benzene rings is 2. The number of nitrogens with one attached hydrogen (secondary N) is 1. The molecule has 0 aliphatic rings. The molecule has 2 aromatic carbocycles. The fourth-order valence-corrected chi connectivity index (χ4v) is 2.32. The normalized spacial score (nSPS) is 10.0. The topological polar surface area (TPSA) is 32.3 Å². The first-order chi connectivity index (χ1) is 9.22. The second-order valence-electron chi connectivity index (χ2n) is 3.99. The lowest BCUT2D eigenvalue weighted by atomic mass is 10.3. The van der Waals surface area contributed by atoms with Crippen molar-refractivity contribution in [3.05, 3.63) is 58.2 Å². The molecule has 1 N–H and O–H groups in total. The van der Waals surface area contributed by atoms with Gasteiger partial charge in [-0.15, -0.1) is 0 Å². The number of para-hydroxylation sites is 2. The molecule has 2 amide bonds. The number of halogens is 1. The van der Waals surface area contributed by atoms with E-state index in [0.29, 0.717) is 6.54 Å². The van der Waals surface area contributed by atoms with E-state index in [1.807, 2.05) is 61.5 Å². The first-order valence-corrected chi connectivity index (χ1v) is 7.18. The average molecular weight is 366 g/mol. The predicted molar refractivity (Wildman–Crippen MR) is 87.6 cm³/mol. The second-order valence-corrected chi connectivity index (χ2v) is 5.15. The molecule has 3 nitrogen and oxygen atoms in total. The molecular weight excluding hydrogens is 351 g/mol. The van der Waals surface area contributed by atoms with Gasteiger partial charge in [0.15, 0.2) is 0 Å². The van der Waals surface area contributed by atoms with Crippen molar-refractivity contribution >= 4 is 40.0 Å². The van der Waals surface area contributed by atoms with Crippen LogP contribution in [0.15, 0.2) is 54.6 Å². The highest BCUT2D eigenvalue weighted by Gasteiger charge is 2.14. The number of hydrogen-bond acceptors (Lipinski definition) is 1. The highest BCUT2D eigenvalue weighted by Crippen LogP contribution is 2.19. The van der Waals surface area contributed by atoms with Crippen LogP contribution in [0.25, 0.3) is 0 Å². The highest BCUT2D eigenvalue weighted by atomic mass is 127. The van der Waals surface area contributed by atoms with Gasteiger partial charge < -0.3 is 5.32 Å². The first-order valence-electron chi connectivity index (χ1n) is 6.10. The van der Waals surface area contributed by atoms with E-state index in [-0.39, 0.29) is 6.03 Å². The molecule has 0 aliphatic carbocycles. The summed E-state index contributed by atoms with van der Waals surface area (Å²) in [6.07, 6.45) is 0. The molecule has 0 fully saturated rings. The Hall–Kier alpha value is -1.56. The minimum Gasteiger partial charge on any atom is -0.306 e. The van der Waals surface area contributed by atoms with E-state index in [1.165, 1.54) is 0 Å². The Morgan fingerprint density at radius 2 is 1.74 bits per heavy atom. The van der Waals surface area contributed by atoms with Gasteiger partial charge in [-0.1, -0.05) is 30.3 Å². The van der Waals surface area contributed by atoms with Crippen LogP contribution in [0.5, 0.6) is 0 Å². The summed E-state index contributed by atoms with van der Waals surface area (Å²) < 4.78 is 1.03. The number of carbonyl (C=O) groups is 1. The van der Waals surface area contributed by atoms with Gasteiger partial charge in [-0.05, 0) is 53.8 Å².